The summed E-state index contributed by atoms with van der Waals surface area (Å²) in [6.45, 7) is 10.1. The molecule has 0 atom stereocenters. The number of nitrogens with one attached hydrogen (secondary N) is 1. The van der Waals surface area contributed by atoms with E-state index in [4.69, 9.17) is 14.3 Å². The second-order valence-electron chi connectivity index (χ2n) is 6.05. The van der Waals surface area contributed by atoms with Gasteiger partial charge in [-0.1, -0.05) is 17.7 Å². The standard InChI is InChI=1S/C8H16N2O.C8H10O2S.2CH2O/c1-10-6-7-11-8(10)2-4-9-5-3-8;1-7-3-5-8(6-4-7)11(2,9)10;2*1-2/h9H,2-7H2,1H3;3-6H,1-2H3;2*1H2. The molecule has 0 radical (unpaired) electrons. The van der Waals surface area contributed by atoms with Crippen molar-refractivity contribution in [1.29, 1.82) is 0 Å². The fourth-order valence-corrected chi connectivity index (χ4v) is 3.45. The molecule has 1 spiro atoms. The van der Waals surface area contributed by atoms with E-state index in [-0.39, 0.29) is 5.72 Å². The zero-order valence-corrected chi connectivity index (χ0v) is 16.7. The molecule has 0 bridgehead atoms. The Balaban J connectivity index is 0.000000404. The molecule has 8 heteroatoms. The average molecular weight is 387 g/mol. The molecule has 0 amide bonds. The number of hydrogen-bond acceptors (Lipinski definition) is 7. The van der Waals surface area contributed by atoms with Crippen LogP contribution < -0.4 is 5.32 Å². The molecule has 2 aliphatic rings. The SMILES string of the molecule is C=O.C=O.CN1CCOC12CCNCC2.Cc1ccc(S(C)(=O)=O)cc1. The Kier molecular flexibility index (Phi) is 11.2. The van der Waals surface area contributed by atoms with Gasteiger partial charge in [0.2, 0.25) is 0 Å². The summed E-state index contributed by atoms with van der Waals surface area (Å²) in [5, 5.41) is 3.35. The van der Waals surface area contributed by atoms with Crippen molar-refractivity contribution in [1.82, 2.24) is 10.2 Å². The fraction of sp³-hybridized carbons (Fsp3) is 0.556. The molecular formula is C18H30N2O5S. The van der Waals surface area contributed by atoms with E-state index in [1.165, 1.54) is 6.26 Å². The molecule has 2 aliphatic heterocycles. The topological polar surface area (TPSA) is 92.8 Å². The van der Waals surface area contributed by atoms with Gasteiger partial charge >= 0.3 is 0 Å². The molecule has 0 aliphatic carbocycles. The van der Waals surface area contributed by atoms with E-state index >= 15 is 0 Å². The lowest BCUT2D eigenvalue weighted by atomic mass is 10.0. The van der Waals surface area contributed by atoms with Crippen LogP contribution in [0.5, 0.6) is 0 Å². The van der Waals surface area contributed by atoms with Crippen LogP contribution in [-0.4, -0.2) is 72.2 Å². The van der Waals surface area contributed by atoms with Crippen molar-refractivity contribution in [3.63, 3.8) is 0 Å². The van der Waals surface area contributed by atoms with E-state index in [1.807, 2.05) is 20.5 Å². The molecule has 0 unspecified atom stereocenters. The van der Waals surface area contributed by atoms with Crippen LogP contribution in [-0.2, 0) is 24.2 Å². The van der Waals surface area contributed by atoms with Crippen LogP contribution in [0, 0.1) is 6.92 Å². The summed E-state index contributed by atoms with van der Waals surface area (Å²) in [5.74, 6) is 0. The second-order valence-corrected chi connectivity index (χ2v) is 8.07. The molecule has 1 N–H and O–H groups in total. The van der Waals surface area contributed by atoms with Gasteiger partial charge in [0.15, 0.2) is 9.84 Å². The van der Waals surface area contributed by atoms with Gasteiger partial charge in [0.1, 0.15) is 19.3 Å². The number of carbonyl (C=O) groups is 2. The summed E-state index contributed by atoms with van der Waals surface area (Å²) in [6, 6.07) is 6.81. The molecule has 1 aromatic rings. The highest BCUT2D eigenvalue weighted by Crippen LogP contribution is 2.30. The van der Waals surface area contributed by atoms with Gasteiger partial charge in [-0.25, -0.2) is 8.42 Å². The molecule has 3 rings (SSSR count). The number of carbonyl (C=O) groups excluding carboxylic acids is 2. The third-order valence-corrected chi connectivity index (χ3v) is 5.46. The molecule has 148 valence electrons. The lowest BCUT2D eigenvalue weighted by molar-refractivity contribution is -0.0987. The van der Waals surface area contributed by atoms with Gasteiger partial charge in [0.05, 0.1) is 11.5 Å². The maximum atomic E-state index is 10.9. The third kappa shape index (κ3) is 7.33. The number of nitrogens with zero attached hydrogens (tertiary/aromatic N) is 1. The van der Waals surface area contributed by atoms with Gasteiger partial charge < -0.3 is 19.6 Å². The lowest BCUT2D eigenvalue weighted by Gasteiger charge is -2.38. The quantitative estimate of drug-likeness (QED) is 0.771. The van der Waals surface area contributed by atoms with Crippen LogP contribution in [0.1, 0.15) is 18.4 Å². The third-order valence-electron chi connectivity index (χ3n) is 4.33. The Labute approximate surface area is 156 Å². The van der Waals surface area contributed by atoms with Crippen molar-refractivity contribution >= 4 is 23.4 Å². The summed E-state index contributed by atoms with van der Waals surface area (Å²) in [7, 11) is -0.855. The smallest absolute Gasteiger partial charge is 0.175 e. The minimum Gasteiger partial charge on any atom is -0.359 e. The van der Waals surface area contributed by atoms with Crippen molar-refractivity contribution in [2.45, 2.75) is 30.4 Å². The van der Waals surface area contributed by atoms with Crippen LogP contribution in [0.25, 0.3) is 0 Å². The van der Waals surface area contributed by atoms with Crippen LogP contribution in [0.15, 0.2) is 29.2 Å². The summed E-state index contributed by atoms with van der Waals surface area (Å²) < 4.78 is 27.7. The number of aryl methyl sites for hydroxylation is 1. The summed E-state index contributed by atoms with van der Waals surface area (Å²) >= 11 is 0. The molecule has 26 heavy (non-hydrogen) atoms. The minimum atomic E-state index is -3.02. The van der Waals surface area contributed by atoms with Crippen LogP contribution in [0.4, 0.5) is 0 Å². The highest BCUT2D eigenvalue weighted by Gasteiger charge is 2.40. The van der Waals surface area contributed by atoms with Crippen LogP contribution >= 0.6 is 0 Å². The van der Waals surface area contributed by atoms with E-state index < -0.39 is 9.84 Å². The zero-order valence-electron chi connectivity index (χ0n) is 15.9. The summed E-state index contributed by atoms with van der Waals surface area (Å²) in [5.41, 5.74) is 1.17. The number of sulfone groups is 1. The first-order valence-corrected chi connectivity index (χ1v) is 10.1. The lowest BCUT2D eigenvalue weighted by Crippen LogP contribution is -2.50. The van der Waals surface area contributed by atoms with Crippen LogP contribution in [0.2, 0.25) is 0 Å². The largest absolute Gasteiger partial charge is 0.359 e. The van der Waals surface area contributed by atoms with E-state index in [9.17, 15) is 8.42 Å². The molecular weight excluding hydrogens is 356 g/mol. The number of piperidine rings is 1. The molecule has 2 saturated heterocycles. The first-order chi connectivity index (χ1) is 12.3. The van der Waals surface area contributed by atoms with Gasteiger partial charge in [-0.05, 0) is 39.2 Å². The molecule has 2 fully saturated rings. The Morgan fingerprint density at radius 2 is 1.58 bits per heavy atom. The Hall–Kier alpha value is -1.61. The number of benzene rings is 1. The predicted molar refractivity (Wildman–Crippen MR) is 102 cm³/mol. The summed E-state index contributed by atoms with van der Waals surface area (Å²) in [6.07, 6.45) is 3.49. The number of likely N-dealkylation sites (N-methyl/N-ethyl adjacent to an activating group) is 1. The van der Waals surface area contributed by atoms with Gasteiger partial charge in [0, 0.05) is 25.6 Å². The van der Waals surface area contributed by atoms with E-state index in [2.05, 4.69) is 17.3 Å². The van der Waals surface area contributed by atoms with E-state index in [0.717, 1.165) is 44.6 Å². The monoisotopic (exact) mass is 386 g/mol. The maximum absolute atomic E-state index is 10.9. The summed E-state index contributed by atoms with van der Waals surface area (Å²) in [4.78, 5) is 18.7. The normalized spacial score (nSPS) is 18.4. The first kappa shape index (κ1) is 24.4. The predicted octanol–water partition coefficient (Wildman–Crippen LogP) is 1.06. The molecule has 7 nitrogen and oxygen atoms in total. The number of rotatable bonds is 1. The van der Waals surface area contributed by atoms with Crippen molar-refractivity contribution in [2.75, 3.05) is 39.5 Å². The van der Waals surface area contributed by atoms with Gasteiger partial charge in [-0.15, -0.1) is 0 Å². The number of hydrogen-bond donors (Lipinski definition) is 1. The highest BCUT2D eigenvalue weighted by atomic mass is 32.2. The highest BCUT2D eigenvalue weighted by molar-refractivity contribution is 7.90. The Morgan fingerprint density at radius 1 is 1.08 bits per heavy atom. The number of ether oxygens (including phenoxy) is 1. The minimum absolute atomic E-state index is 0.102. The average Bonchev–Trinajstić information content (AvgIpc) is 2.99. The fourth-order valence-electron chi connectivity index (χ4n) is 2.82. The zero-order chi connectivity index (χ0) is 20.2. The van der Waals surface area contributed by atoms with Crippen molar-refractivity contribution in [2.24, 2.45) is 0 Å². The molecule has 0 aromatic heterocycles. The Morgan fingerprint density at radius 3 is 1.96 bits per heavy atom. The molecule has 1 aromatic carbocycles. The van der Waals surface area contributed by atoms with Crippen molar-refractivity contribution < 1.29 is 22.7 Å². The van der Waals surface area contributed by atoms with Crippen molar-refractivity contribution in [3.05, 3.63) is 29.8 Å². The second kappa shape index (κ2) is 11.9. The van der Waals surface area contributed by atoms with Crippen molar-refractivity contribution in [3.8, 4) is 0 Å². The molecule has 0 saturated carbocycles. The van der Waals surface area contributed by atoms with Gasteiger partial charge in [-0.2, -0.15) is 0 Å². The van der Waals surface area contributed by atoms with Gasteiger partial charge in [0.25, 0.3) is 0 Å². The van der Waals surface area contributed by atoms with Gasteiger partial charge in [-0.3, -0.25) is 4.90 Å². The maximum Gasteiger partial charge on any atom is 0.175 e. The Bertz CT molecular complexity index is 611. The van der Waals surface area contributed by atoms with E-state index in [0.29, 0.717) is 4.90 Å². The molecule has 2 heterocycles. The van der Waals surface area contributed by atoms with Crippen LogP contribution in [0.3, 0.4) is 0 Å². The van der Waals surface area contributed by atoms with E-state index in [1.54, 1.807) is 24.3 Å². The first-order valence-electron chi connectivity index (χ1n) is 8.24.